The minimum absolute atomic E-state index is 0.722. The van der Waals surface area contributed by atoms with Crippen LogP contribution in [-0.2, 0) is 0 Å². The highest BCUT2D eigenvalue weighted by Crippen LogP contribution is 2.39. The van der Waals surface area contributed by atoms with Crippen molar-refractivity contribution in [2.45, 2.75) is 31.6 Å². The van der Waals surface area contributed by atoms with Gasteiger partial charge in [0.15, 0.2) is 0 Å². The maximum Gasteiger partial charge on any atom is 0.0541 e. The van der Waals surface area contributed by atoms with Crippen LogP contribution in [0.5, 0.6) is 0 Å². The first-order chi connectivity index (χ1) is 21.3. The van der Waals surface area contributed by atoms with Gasteiger partial charge in [0.2, 0.25) is 0 Å². The molecule has 0 saturated heterocycles. The Labute approximate surface area is 253 Å². The van der Waals surface area contributed by atoms with E-state index in [4.69, 9.17) is 0 Å². The summed E-state index contributed by atoms with van der Waals surface area (Å²) in [6, 6.07) is 55.2. The number of hydrogen-bond acceptors (Lipinski definition) is 1. The quantitative estimate of drug-likeness (QED) is 0.198. The van der Waals surface area contributed by atoms with E-state index in [1.54, 1.807) is 0 Å². The third-order valence-corrected chi connectivity index (χ3v) is 9.16. The Bertz CT molecular complexity index is 1940. The molecule has 1 fully saturated rings. The molecule has 1 aliphatic rings. The SMILES string of the molecule is c1ccc(N(c2ccc(-c3ccc(-n4c5ccccc5c5ccccc54)cc3)cc2)c2ccc(C3CCCC3)cc2)cc1. The first kappa shape index (κ1) is 25.6. The fraction of sp³-hybridized carbons (Fsp3) is 0.122. The van der Waals surface area contributed by atoms with Gasteiger partial charge in [0.1, 0.15) is 0 Å². The van der Waals surface area contributed by atoms with E-state index in [1.165, 1.54) is 81.2 Å². The smallest absolute Gasteiger partial charge is 0.0541 e. The van der Waals surface area contributed by atoms with Gasteiger partial charge in [-0.15, -0.1) is 0 Å². The fourth-order valence-corrected chi connectivity index (χ4v) is 6.99. The number of anilines is 3. The van der Waals surface area contributed by atoms with Crippen LogP contribution >= 0.6 is 0 Å². The van der Waals surface area contributed by atoms with E-state index < -0.39 is 0 Å². The lowest BCUT2D eigenvalue weighted by Crippen LogP contribution is -2.10. The highest BCUT2D eigenvalue weighted by Gasteiger charge is 2.18. The molecule has 7 aromatic rings. The second-order valence-electron chi connectivity index (χ2n) is 11.7. The number of benzene rings is 6. The largest absolute Gasteiger partial charge is 0.311 e. The molecule has 0 radical (unpaired) electrons. The highest BCUT2D eigenvalue weighted by atomic mass is 15.1. The summed E-state index contributed by atoms with van der Waals surface area (Å²) < 4.78 is 2.37. The molecule has 0 unspecified atom stereocenters. The Morgan fingerprint density at radius 1 is 0.442 bits per heavy atom. The van der Waals surface area contributed by atoms with Crippen molar-refractivity contribution < 1.29 is 0 Å². The average Bonchev–Trinajstić information content (AvgIpc) is 3.74. The highest BCUT2D eigenvalue weighted by molar-refractivity contribution is 6.09. The molecule has 1 aliphatic carbocycles. The van der Waals surface area contributed by atoms with E-state index in [-0.39, 0.29) is 0 Å². The van der Waals surface area contributed by atoms with E-state index in [2.05, 4.69) is 161 Å². The summed E-state index contributed by atoms with van der Waals surface area (Å²) >= 11 is 0. The first-order valence-electron chi connectivity index (χ1n) is 15.5. The molecule has 2 nitrogen and oxygen atoms in total. The zero-order chi connectivity index (χ0) is 28.6. The summed E-state index contributed by atoms with van der Waals surface area (Å²) in [6.45, 7) is 0. The lowest BCUT2D eigenvalue weighted by molar-refractivity contribution is 0.723. The molecular weight excluding hydrogens is 520 g/mol. The second-order valence-corrected chi connectivity index (χ2v) is 11.7. The molecule has 0 atom stereocenters. The summed E-state index contributed by atoms with van der Waals surface area (Å²) in [5.74, 6) is 0.722. The molecule has 1 aromatic heterocycles. The Balaban J connectivity index is 1.11. The standard InChI is InChI=1S/C41H34N2/c1-2-12-34(13-3-1)42(35-24-18-31(19-25-35)30-10-4-5-11-30)36-26-20-32(21-27-36)33-22-28-37(29-23-33)43-40-16-8-6-14-38(40)39-15-7-9-17-41(39)43/h1-3,6-9,12-30H,4-5,10-11H2. The van der Waals surface area contributed by atoms with Gasteiger partial charge in [0.05, 0.1) is 11.0 Å². The number of rotatable bonds is 6. The van der Waals surface area contributed by atoms with Crippen LogP contribution < -0.4 is 4.90 Å². The minimum atomic E-state index is 0.722. The maximum absolute atomic E-state index is 2.37. The lowest BCUT2D eigenvalue weighted by Gasteiger charge is -2.26. The van der Waals surface area contributed by atoms with Crippen molar-refractivity contribution in [3.63, 3.8) is 0 Å². The molecule has 6 aromatic carbocycles. The van der Waals surface area contributed by atoms with Gasteiger partial charge in [-0.25, -0.2) is 0 Å². The third-order valence-electron chi connectivity index (χ3n) is 9.16. The summed E-state index contributed by atoms with van der Waals surface area (Å²) in [6.07, 6.45) is 5.36. The van der Waals surface area contributed by atoms with Crippen molar-refractivity contribution in [3.8, 4) is 16.8 Å². The Kier molecular flexibility index (Phi) is 6.53. The number of hydrogen-bond donors (Lipinski definition) is 0. The third kappa shape index (κ3) is 4.70. The zero-order valence-electron chi connectivity index (χ0n) is 24.2. The molecule has 8 rings (SSSR count). The van der Waals surface area contributed by atoms with Crippen LogP contribution in [0.1, 0.15) is 37.2 Å². The molecule has 1 saturated carbocycles. The van der Waals surface area contributed by atoms with Crippen LogP contribution in [-0.4, -0.2) is 4.57 Å². The van der Waals surface area contributed by atoms with Gasteiger partial charge in [-0.1, -0.05) is 104 Å². The van der Waals surface area contributed by atoms with Crippen LogP contribution in [0.2, 0.25) is 0 Å². The van der Waals surface area contributed by atoms with Gasteiger partial charge in [-0.3, -0.25) is 0 Å². The van der Waals surface area contributed by atoms with Gasteiger partial charge in [-0.05, 0) is 96.1 Å². The van der Waals surface area contributed by atoms with Crippen LogP contribution in [0.4, 0.5) is 17.1 Å². The van der Waals surface area contributed by atoms with E-state index in [9.17, 15) is 0 Å². The van der Waals surface area contributed by atoms with E-state index >= 15 is 0 Å². The monoisotopic (exact) mass is 554 g/mol. The minimum Gasteiger partial charge on any atom is -0.311 e. The van der Waals surface area contributed by atoms with Crippen molar-refractivity contribution in [1.29, 1.82) is 0 Å². The van der Waals surface area contributed by atoms with Crippen molar-refractivity contribution in [3.05, 3.63) is 157 Å². The molecule has 0 N–H and O–H groups in total. The number of para-hydroxylation sites is 3. The van der Waals surface area contributed by atoms with Crippen LogP contribution in [0.25, 0.3) is 38.6 Å². The molecule has 0 amide bonds. The number of nitrogens with zero attached hydrogens (tertiary/aromatic N) is 2. The Hall–Kier alpha value is -5.08. The summed E-state index contributed by atoms with van der Waals surface area (Å²) in [7, 11) is 0. The average molecular weight is 555 g/mol. The summed E-state index contributed by atoms with van der Waals surface area (Å²) in [5.41, 5.74) is 11.1. The summed E-state index contributed by atoms with van der Waals surface area (Å²) in [5, 5.41) is 2.57. The van der Waals surface area contributed by atoms with Crippen molar-refractivity contribution in [2.75, 3.05) is 4.90 Å². The van der Waals surface area contributed by atoms with Crippen molar-refractivity contribution >= 4 is 38.9 Å². The predicted molar refractivity (Wildman–Crippen MR) is 182 cm³/mol. The first-order valence-corrected chi connectivity index (χ1v) is 15.5. The van der Waals surface area contributed by atoms with Crippen LogP contribution in [0.3, 0.4) is 0 Å². The Morgan fingerprint density at radius 3 is 1.49 bits per heavy atom. The molecular formula is C41H34N2. The van der Waals surface area contributed by atoms with E-state index in [1.807, 2.05) is 0 Å². The Morgan fingerprint density at radius 2 is 0.907 bits per heavy atom. The van der Waals surface area contributed by atoms with Gasteiger partial charge in [0, 0.05) is 33.5 Å². The number of aromatic nitrogens is 1. The summed E-state index contributed by atoms with van der Waals surface area (Å²) in [4.78, 5) is 2.35. The van der Waals surface area contributed by atoms with Crippen molar-refractivity contribution in [1.82, 2.24) is 4.57 Å². The molecule has 43 heavy (non-hydrogen) atoms. The normalized spacial score (nSPS) is 13.6. The predicted octanol–water partition coefficient (Wildman–Crippen LogP) is 11.6. The zero-order valence-corrected chi connectivity index (χ0v) is 24.2. The van der Waals surface area contributed by atoms with Crippen LogP contribution in [0, 0.1) is 0 Å². The van der Waals surface area contributed by atoms with E-state index in [0.29, 0.717) is 0 Å². The number of fused-ring (bicyclic) bond motifs is 3. The maximum atomic E-state index is 2.37. The molecule has 0 bridgehead atoms. The molecule has 0 spiro atoms. The lowest BCUT2D eigenvalue weighted by atomic mass is 9.97. The van der Waals surface area contributed by atoms with Gasteiger partial charge in [-0.2, -0.15) is 0 Å². The van der Waals surface area contributed by atoms with Crippen LogP contribution in [0.15, 0.2) is 152 Å². The topological polar surface area (TPSA) is 8.17 Å². The molecule has 0 aliphatic heterocycles. The van der Waals surface area contributed by atoms with E-state index in [0.717, 1.165) is 11.6 Å². The second kappa shape index (κ2) is 11.0. The van der Waals surface area contributed by atoms with Gasteiger partial charge < -0.3 is 9.47 Å². The molecule has 1 heterocycles. The fourth-order valence-electron chi connectivity index (χ4n) is 6.99. The molecule has 208 valence electrons. The van der Waals surface area contributed by atoms with Crippen molar-refractivity contribution in [2.24, 2.45) is 0 Å². The van der Waals surface area contributed by atoms with Gasteiger partial charge >= 0.3 is 0 Å². The molecule has 2 heteroatoms. The van der Waals surface area contributed by atoms with Gasteiger partial charge in [0.25, 0.3) is 0 Å².